The van der Waals surface area contributed by atoms with Gasteiger partial charge in [-0.2, -0.15) is 0 Å². The molecule has 4 heteroatoms. The molecule has 0 aliphatic heterocycles. The first-order valence-electron chi connectivity index (χ1n) is 6.21. The van der Waals surface area contributed by atoms with E-state index >= 15 is 0 Å². The highest BCUT2D eigenvalue weighted by Gasteiger charge is 2.22. The SMILES string of the molecule is COC(C)C(=O)N(CCCN)c1ccccc1C. The Balaban J connectivity index is 2.98. The number of nitrogens with zero attached hydrogens (tertiary/aromatic N) is 1. The molecular formula is C14H22N2O2. The Morgan fingerprint density at radius 3 is 2.67 bits per heavy atom. The summed E-state index contributed by atoms with van der Waals surface area (Å²) in [5.74, 6) is -0.0275. The number of ether oxygens (including phenoxy) is 1. The van der Waals surface area contributed by atoms with Crippen LogP contribution in [0.3, 0.4) is 0 Å². The van der Waals surface area contributed by atoms with Crippen LogP contribution in [-0.2, 0) is 9.53 Å². The minimum absolute atomic E-state index is 0.0275. The number of para-hydroxylation sites is 1. The molecule has 1 atom stereocenters. The van der Waals surface area contributed by atoms with Gasteiger partial charge in [-0.3, -0.25) is 4.79 Å². The zero-order valence-corrected chi connectivity index (χ0v) is 11.3. The Hall–Kier alpha value is -1.39. The molecule has 0 fully saturated rings. The van der Waals surface area contributed by atoms with Crippen LogP contribution in [0.5, 0.6) is 0 Å². The minimum atomic E-state index is -0.442. The molecule has 0 saturated carbocycles. The summed E-state index contributed by atoms with van der Waals surface area (Å²) in [6.45, 7) is 4.94. The number of nitrogens with two attached hydrogens (primary N) is 1. The maximum atomic E-state index is 12.3. The van der Waals surface area contributed by atoms with Gasteiger partial charge in [-0.1, -0.05) is 18.2 Å². The van der Waals surface area contributed by atoms with Crippen molar-refractivity contribution in [3.8, 4) is 0 Å². The lowest BCUT2D eigenvalue weighted by molar-refractivity contribution is -0.127. The van der Waals surface area contributed by atoms with Crippen LogP contribution in [0, 0.1) is 6.92 Å². The van der Waals surface area contributed by atoms with Crippen molar-refractivity contribution >= 4 is 11.6 Å². The Morgan fingerprint density at radius 1 is 1.44 bits per heavy atom. The quantitative estimate of drug-likeness (QED) is 0.836. The van der Waals surface area contributed by atoms with Crippen LogP contribution in [0.4, 0.5) is 5.69 Å². The van der Waals surface area contributed by atoms with E-state index in [9.17, 15) is 4.79 Å². The molecule has 100 valence electrons. The number of hydrogen-bond donors (Lipinski definition) is 1. The third-order valence-electron chi connectivity index (χ3n) is 2.96. The van der Waals surface area contributed by atoms with Gasteiger partial charge in [0.1, 0.15) is 6.10 Å². The highest BCUT2D eigenvalue weighted by Crippen LogP contribution is 2.20. The van der Waals surface area contributed by atoms with E-state index in [2.05, 4.69) is 0 Å². The summed E-state index contributed by atoms with van der Waals surface area (Å²) in [4.78, 5) is 14.1. The Morgan fingerprint density at radius 2 is 2.11 bits per heavy atom. The molecule has 0 aliphatic carbocycles. The maximum absolute atomic E-state index is 12.3. The second-order valence-electron chi connectivity index (χ2n) is 4.30. The average molecular weight is 250 g/mol. The van der Waals surface area contributed by atoms with Gasteiger partial charge in [0.05, 0.1) is 0 Å². The monoisotopic (exact) mass is 250 g/mol. The molecule has 0 saturated heterocycles. The highest BCUT2D eigenvalue weighted by atomic mass is 16.5. The average Bonchev–Trinajstić information content (AvgIpc) is 2.39. The molecule has 0 heterocycles. The first-order valence-corrected chi connectivity index (χ1v) is 6.21. The van der Waals surface area contributed by atoms with E-state index in [1.807, 2.05) is 31.2 Å². The van der Waals surface area contributed by atoms with Crippen LogP contribution >= 0.6 is 0 Å². The lowest BCUT2D eigenvalue weighted by Crippen LogP contribution is -2.40. The van der Waals surface area contributed by atoms with Gasteiger partial charge in [0, 0.05) is 19.3 Å². The molecule has 0 bridgehead atoms. The van der Waals surface area contributed by atoms with E-state index < -0.39 is 6.10 Å². The van der Waals surface area contributed by atoms with Crippen LogP contribution in [0.15, 0.2) is 24.3 Å². The van der Waals surface area contributed by atoms with Gasteiger partial charge in [-0.25, -0.2) is 0 Å². The number of amides is 1. The second kappa shape index (κ2) is 7.13. The summed E-state index contributed by atoms with van der Waals surface area (Å²) >= 11 is 0. The topological polar surface area (TPSA) is 55.6 Å². The van der Waals surface area contributed by atoms with Gasteiger partial charge >= 0.3 is 0 Å². The predicted molar refractivity (Wildman–Crippen MR) is 73.7 cm³/mol. The largest absolute Gasteiger partial charge is 0.372 e. The van der Waals surface area contributed by atoms with Gasteiger partial charge in [-0.05, 0) is 38.4 Å². The molecule has 18 heavy (non-hydrogen) atoms. The normalized spacial score (nSPS) is 12.2. The van der Waals surface area contributed by atoms with Gasteiger partial charge in [0.2, 0.25) is 0 Å². The van der Waals surface area contributed by atoms with Gasteiger partial charge in [-0.15, -0.1) is 0 Å². The van der Waals surface area contributed by atoms with Gasteiger partial charge in [0.25, 0.3) is 5.91 Å². The van der Waals surface area contributed by atoms with E-state index in [0.717, 1.165) is 17.7 Å². The molecule has 0 aliphatic rings. The molecule has 0 radical (unpaired) electrons. The lowest BCUT2D eigenvalue weighted by atomic mass is 10.1. The van der Waals surface area contributed by atoms with Crippen LogP contribution in [0.25, 0.3) is 0 Å². The Bertz CT molecular complexity index is 393. The summed E-state index contributed by atoms with van der Waals surface area (Å²) < 4.78 is 5.11. The number of anilines is 1. The molecule has 0 spiro atoms. The summed E-state index contributed by atoms with van der Waals surface area (Å²) in [5, 5.41) is 0. The molecule has 1 amide bonds. The van der Waals surface area contributed by atoms with Crippen molar-refractivity contribution in [2.45, 2.75) is 26.4 Å². The van der Waals surface area contributed by atoms with Crippen molar-refractivity contribution in [1.29, 1.82) is 0 Å². The number of benzene rings is 1. The summed E-state index contributed by atoms with van der Waals surface area (Å²) in [7, 11) is 1.54. The number of carbonyl (C=O) groups is 1. The number of carbonyl (C=O) groups excluding carboxylic acids is 1. The molecule has 4 nitrogen and oxygen atoms in total. The molecule has 1 aromatic carbocycles. The Kier molecular flexibility index (Phi) is 5.82. The zero-order valence-electron chi connectivity index (χ0n) is 11.3. The van der Waals surface area contributed by atoms with Crippen LogP contribution in [-0.4, -0.2) is 32.2 Å². The van der Waals surface area contributed by atoms with Crippen LogP contribution in [0.2, 0.25) is 0 Å². The van der Waals surface area contributed by atoms with Gasteiger partial charge < -0.3 is 15.4 Å². The van der Waals surface area contributed by atoms with Crippen molar-refractivity contribution in [3.05, 3.63) is 29.8 Å². The standard InChI is InChI=1S/C14H22N2O2/c1-11-7-4-5-8-13(11)16(10-6-9-15)14(17)12(2)18-3/h4-5,7-8,12H,6,9-10,15H2,1-3H3. The summed E-state index contributed by atoms with van der Waals surface area (Å²) in [5.41, 5.74) is 7.54. The fourth-order valence-electron chi connectivity index (χ4n) is 1.79. The lowest BCUT2D eigenvalue weighted by Gasteiger charge is -2.26. The zero-order chi connectivity index (χ0) is 13.5. The maximum Gasteiger partial charge on any atom is 0.255 e. The second-order valence-corrected chi connectivity index (χ2v) is 4.30. The third kappa shape index (κ3) is 3.55. The van der Waals surface area contributed by atoms with Crippen molar-refractivity contribution in [2.24, 2.45) is 5.73 Å². The van der Waals surface area contributed by atoms with Crippen molar-refractivity contribution < 1.29 is 9.53 Å². The molecule has 2 N–H and O–H groups in total. The summed E-state index contributed by atoms with van der Waals surface area (Å²) in [6.07, 6.45) is 0.332. The molecule has 1 aromatic rings. The van der Waals surface area contributed by atoms with Crippen LogP contribution < -0.4 is 10.6 Å². The van der Waals surface area contributed by atoms with E-state index in [1.54, 1.807) is 18.9 Å². The van der Waals surface area contributed by atoms with E-state index in [-0.39, 0.29) is 5.91 Å². The van der Waals surface area contributed by atoms with Crippen LogP contribution in [0.1, 0.15) is 18.9 Å². The van der Waals surface area contributed by atoms with E-state index in [1.165, 1.54) is 0 Å². The van der Waals surface area contributed by atoms with Crippen molar-refractivity contribution in [3.63, 3.8) is 0 Å². The number of aryl methyl sites for hydroxylation is 1. The number of rotatable bonds is 6. The highest BCUT2D eigenvalue weighted by molar-refractivity contribution is 5.96. The number of methoxy groups -OCH3 is 1. The van der Waals surface area contributed by atoms with E-state index in [4.69, 9.17) is 10.5 Å². The van der Waals surface area contributed by atoms with Crippen molar-refractivity contribution in [1.82, 2.24) is 0 Å². The van der Waals surface area contributed by atoms with Gasteiger partial charge in [0.15, 0.2) is 0 Å². The summed E-state index contributed by atoms with van der Waals surface area (Å²) in [6, 6.07) is 7.84. The first-order chi connectivity index (χ1) is 8.61. The molecular weight excluding hydrogens is 228 g/mol. The molecule has 1 rings (SSSR count). The van der Waals surface area contributed by atoms with Crippen molar-refractivity contribution in [2.75, 3.05) is 25.1 Å². The molecule has 1 unspecified atom stereocenters. The fraction of sp³-hybridized carbons (Fsp3) is 0.500. The third-order valence-corrected chi connectivity index (χ3v) is 2.96. The fourth-order valence-corrected chi connectivity index (χ4v) is 1.79. The smallest absolute Gasteiger partial charge is 0.255 e. The number of hydrogen-bond acceptors (Lipinski definition) is 3. The Labute approximate surface area is 109 Å². The molecule has 0 aromatic heterocycles. The predicted octanol–water partition coefficient (Wildman–Crippen LogP) is 1.71. The van der Waals surface area contributed by atoms with E-state index in [0.29, 0.717) is 13.1 Å². The first kappa shape index (κ1) is 14.7. The minimum Gasteiger partial charge on any atom is -0.372 e.